The Balaban J connectivity index is 1.77. The first-order valence-electron chi connectivity index (χ1n) is 13.4. The molecule has 1 aromatic heterocycles. The van der Waals surface area contributed by atoms with E-state index in [1.165, 1.54) is 6.07 Å². The number of phosphoric ester groups is 1. The molecule has 3 heterocycles. The molecule has 1 aromatic rings. The van der Waals surface area contributed by atoms with Crippen LogP contribution in [0.3, 0.4) is 0 Å². The number of aliphatic hydroxyl groups excluding tert-OH is 6. The largest absolute Gasteiger partial charge is 0.469 e. The van der Waals surface area contributed by atoms with Crippen LogP contribution in [-0.4, -0.2) is 141 Å². The Morgan fingerprint density at radius 1 is 1.22 bits per heavy atom. The standard InChI is InChI=1S/C22H38N4O17P2/c1-10(28)24-15-11(29)6-22(9-41-45(37,38)39,43-19(15)16(31)12(30)7-27)3-5-44(35,36)40-8-13-17(32)18(33)20(42-13)26-4-2-14(23)25-21(26)34/h2,4,11-13,15-20,27,29-33H,3,5-9H2,1H3,(H,24,28)(H,35,36)(H2,23,25,34)(H2,37,38,39)/t11-,12+,13+,15+,16?,17+,18+,19+,20+,22-/m0/s1. The summed E-state index contributed by atoms with van der Waals surface area (Å²) >= 11 is 0. The maximum Gasteiger partial charge on any atom is 0.469 e. The second-order valence-electron chi connectivity index (χ2n) is 10.8. The number of nitrogens with one attached hydrogen (secondary N) is 1. The van der Waals surface area contributed by atoms with Gasteiger partial charge in [-0.1, -0.05) is 0 Å². The topological polar surface area (TPSA) is 343 Å². The number of amides is 1. The highest BCUT2D eigenvalue weighted by molar-refractivity contribution is 7.52. The number of ether oxygens (including phenoxy) is 2. The summed E-state index contributed by atoms with van der Waals surface area (Å²) in [4.78, 5) is 56.5. The van der Waals surface area contributed by atoms with E-state index in [0.29, 0.717) is 0 Å². The van der Waals surface area contributed by atoms with Crippen molar-refractivity contribution in [3.63, 3.8) is 0 Å². The lowest BCUT2D eigenvalue weighted by molar-refractivity contribution is -0.231. The lowest BCUT2D eigenvalue weighted by atomic mass is 9.82. The average Bonchev–Trinajstić information content (AvgIpc) is 3.22. The van der Waals surface area contributed by atoms with E-state index < -0.39 is 126 Å². The number of carbonyl (C=O) groups excluding carboxylic acids is 1. The summed E-state index contributed by atoms with van der Waals surface area (Å²) in [5.41, 5.74) is 2.50. The van der Waals surface area contributed by atoms with Gasteiger partial charge in [-0.3, -0.25) is 18.5 Å². The molecule has 21 nitrogen and oxygen atoms in total. The van der Waals surface area contributed by atoms with Crippen molar-refractivity contribution in [2.75, 3.05) is 31.7 Å². The molecule has 45 heavy (non-hydrogen) atoms. The van der Waals surface area contributed by atoms with Gasteiger partial charge in [-0.25, -0.2) is 9.36 Å². The van der Waals surface area contributed by atoms with Crippen LogP contribution in [0, 0.1) is 0 Å². The van der Waals surface area contributed by atoms with Crippen LogP contribution in [0.5, 0.6) is 0 Å². The zero-order chi connectivity index (χ0) is 33.9. The van der Waals surface area contributed by atoms with E-state index in [4.69, 9.17) is 19.7 Å². The van der Waals surface area contributed by atoms with Gasteiger partial charge in [0, 0.05) is 19.5 Å². The lowest BCUT2D eigenvalue weighted by Gasteiger charge is -2.49. The quantitative estimate of drug-likeness (QED) is 0.0815. The first kappa shape index (κ1) is 37.5. The Morgan fingerprint density at radius 2 is 1.89 bits per heavy atom. The zero-order valence-electron chi connectivity index (χ0n) is 23.8. The van der Waals surface area contributed by atoms with Crippen LogP contribution in [0.1, 0.15) is 26.0 Å². The van der Waals surface area contributed by atoms with Crippen molar-refractivity contribution in [2.45, 2.75) is 80.4 Å². The van der Waals surface area contributed by atoms with Gasteiger partial charge >= 0.3 is 21.1 Å². The smallest absolute Gasteiger partial charge is 0.394 e. The Morgan fingerprint density at radius 3 is 2.47 bits per heavy atom. The highest BCUT2D eigenvalue weighted by atomic mass is 31.2. The molecular formula is C22H38N4O17P2. The molecule has 0 saturated carbocycles. The fraction of sp³-hybridized carbons (Fsp3) is 0.773. The van der Waals surface area contributed by atoms with E-state index in [9.17, 15) is 64.0 Å². The van der Waals surface area contributed by atoms with Crippen LogP contribution in [0.15, 0.2) is 17.1 Å². The fourth-order valence-electron chi connectivity index (χ4n) is 5.00. The first-order valence-corrected chi connectivity index (χ1v) is 16.7. The Kier molecular flexibility index (Phi) is 12.4. The van der Waals surface area contributed by atoms with Crippen LogP contribution < -0.4 is 16.7 Å². The number of aliphatic hydroxyl groups is 6. The number of hydrogen-bond donors (Lipinski definition) is 11. The second kappa shape index (κ2) is 14.9. The van der Waals surface area contributed by atoms with E-state index >= 15 is 0 Å². The van der Waals surface area contributed by atoms with E-state index in [2.05, 4.69) is 14.8 Å². The molecule has 3 rings (SSSR count). The SMILES string of the molecule is CC(=O)N[C@@H]1[C@@H](O)C[C@@](CCP(=O)(O)OC[C@H]2O[C@@H](n3ccc(N)nc3=O)[C@H](O)[C@@H]2O)(COP(=O)(O)O)O[C@H]1C(O)[C@H](O)CO. The number of nitrogen functional groups attached to an aromatic ring is 1. The molecule has 2 saturated heterocycles. The molecule has 0 radical (unpaired) electrons. The van der Waals surface area contributed by atoms with Gasteiger partial charge in [0.05, 0.1) is 43.7 Å². The zero-order valence-corrected chi connectivity index (χ0v) is 25.5. The first-order chi connectivity index (χ1) is 20.8. The molecule has 2 aliphatic heterocycles. The molecule has 23 heteroatoms. The minimum absolute atomic E-state index is 0.111. The molecular weight excluding hydrogens is 654 g/mol. The number of aromatic nitrogens is 2. The number of phosphoric acid groups is 1. The molecule has 2 aliphatic rings. The molecule has 2 unspecified atom stereocenters. The van der Waals surface area contributed by atoms with Crippen LogP contribution in [0.25, 0.3) is 0 Å². The summed E-state index contributed by atoms with van der Waals surface area (Å²) in [7, 11) is -9.89. The third kappa shape index (κ3) is 9.80. The Labute approximate surface area is 254 Å². The van der Waals surface area contributed by atoms with Crippen LogP contribution in [-0.2, 0) is 32.4 Å². The maximum absolute atomic E-state index is 13.0. The van der Waals surface area contributed by atoms with Crippen molar-refractivity contribution in [1.29, 1.82) is 0 Å². The van der Waals surface area contributed by atoms with Crippen molar-refractivity contribution >= 4 is 27.1 Å². The van der Waals surface area contributed by atoms with Gasteiger partial charge in [0.1, 0.15) is 42.4 Å². The number of rotatable bonds is 14. The van der Waals surface area contributed by atoms with E-state index in [1.54, 1.807) is 0 Å². The van der Waals surface area contributed by atoms with Crippen molar-refractivity contribution in [2.24, 2.45) is 0 Å². The number of nitrogens with two attached hydrogens (primary N) is 1. The molecule has 0 bridgehead atoms. The van der Waals surface area contributed by atoms with Gasteiger partial charge in [-0.15, -0.1) is 0 Å². The van der Waals surface area contributed by atoms with Gasteiger partial charge in [-0.2, -0.15) is 4.98 Å². The molecule has 258 valence electrons. The summed E-state index contributed by atoms with van der Waals surface area (Å²) in [5, 5.41) is 63.9. The van der Waals surface area contributed by atoms with Crippen LogP contribution in [0.2, 0.25) is 0 Å². The minimum atomic E-state index is -5.19. The van der Waals surface area contributed by atoms with E-state index in [0.717, 1.165) is 17.7 Å². The predicted octanol–water partition coefficient (Wildman–Crippen LogP) is -4.75. The molecule has 0 aromatic carbocycles. The van der Waals surface area contributed by atoms with Gasteiger partial charge in [-0.05, 0) is 12.5 Å². The average molecular weight is 693 g/mol. The van der Waals surface area contributed by atoms with Gasteiger partial charge in [0.2, 0.25) is 5.91 Å². The second-order valence-corrected chi connectivity index (χ2v) is 14.0. The number of hydrogen-bond acceptors (Lipinski definition) is 16. The third-order valence-corrected chi connectivity index (χ3v) is 9.08. The molecule has 0 aliphatic carbocycles. The maximum atomic E-state index is 13.0. The van der Waals surface area contributed by atoms with Crippen LogP contribution in [0.4, 0.5) is 5.82 Å². The summed E-state index contributed by atoms with van der Waals surface area (Å²) < 4.78 is 46.3. The van der Waals surface area contributed by atoms with Gasteiger partial charge in [0.15, 0.2) is 6.23 Å². The normalized spacial score (nSPS) is 33.3. The molecule has 2 fully saturated rings. The van der Waals surface area contributed by atoms with Gasteiger partial charge in [0.25, 0.3) is 0 Å². The van der Waals surface area contributed by atoms with Gasteiger partial charge < -0.3 is 70.4 Å². The third-order valence-electron chi connectivity index (χ3n) is 7.27. The van der Waals surface area contributed by atoms with E-state index in [1.807, 2.05) is 0 Å². The number of carbonyl (C=O) groups is 1. The highest BCUT2D eigenvalue weighted by Gasteiger charge is 2.52. The van der Waals surface area contributed by atoms with Crippen LogP contribution >= 0.6 is 15.4 Å². The van der Waals surface area contributed by atoms with Crippen molar-refractivity contribution in [3.8, 4) is 0 Å². The number of anilines is 1. The summed E-state index contributed by atoms with van der Waals surface area (Å²) in [5.74, 6) is -0.799. The number of nitrogens with zero attached hydrogens (tertiary/aromatic N) is 2. The fourth-order valence-corrected chi connectivity index (χ4v) is 6.61. The van der Waals surface area contributed by atoms with Crippen molar-refractivity contribution in [3.05, 3.63) is 22.7 Å². The monoisotopic (exact) mass is 692 g/mol. The lowest BCUT2D eigenvalue weighted by Crippen LogP contribution is -2.66. The van der Waals surface area contributed by atoms with E-state index in [-0.39, 0.29) is 5.82 Å². The Bertz CT molecular complexity index is 1330. The predicted molar refractivity (Wildman–Crippen MR) is 147 cm³/mol. The summed E-state index contributed by atoms with van der Waals surface area (Å²) in [6.45, 7) is -1.70. The molecule has 0 spiro atoms. The minimum Gasteiger partial charge on any atom is -0.394 e. The van der Waals surface area contributed by atoms with Crippen molar-refractivity contribution in [1.82, 2.24) is 14.9 Å². The molecule has 1 amide bonds. The molecule has 11 atom stereocenters. The van der Waals surface area contributed by atoms with Crippen molar-refractivity contribution < 1.29 is 77.8 Å². The summed E-state index contributed by atoms with van der Waals surface area (Å²) in [6, 6.07) is -0.165. The highest BCUT2D eigenvalue weighted by Crippen LogP contribution is 2.48. The Hall–Kier alpha value is -1.91. The molecule has 12 N–H and O–H groups in total. The summed E-state index contributed by atoms with van der Waals surface area (Å²) in [6.07, 6.45) is -14.3.